The number of hydrogen-bond donors (Lipinski definition) is 1. The second-order valence-corrected chi connectivity index (χ2v) is 6.43. The standard InChI is InChI=1S/C21H17NO3S/c1-25-18-11-4-15(5-12-18)6-13-19(23)16-7-9-17(10-8-16)22-21(24)20-3-2-14-26-20/h2-14H,1H3,(H,22,24)/b13-6+. The van der Waals surface area contributed by atoms with Crippen LogP contribution in [0.3, 0.4) is 0 Å². The third-order valence-electron chi connectivity index (χ3n) is 3.72. The topological polar surface area (TPSA) is 55.4 Å². The largest absolute Gasteiger partial charge is 0.497 e. The Morgan fingerprint density at radius 1 is 1.00 bits per heavy atom. The van der Waals surface area contributed by atoms with Crippen molar-refractivity contribution in [1.29, 1.82) is 0 Å². The highest BCUT2D eigenvalue weighted by Crippen LogP contribution is 2.16. The molecule has 26 heavy (non-hydrogen) atoms. The molecular formula is C21H17NO3S. The summed E-state index contributed by atoms with van der Waals surface area (Å²) in [6.07, 6.45) is 3.29. The van der Waals surface area contributed by atoms with Gasteiger partial charge >= 0.3 is 0 Å². The minimum atomic E-state index is -0.154. The van der Waals surface area contributed by atoms with Crippen LogP contribution in [-0.2, 0) is 0 Å². The van der Waals surface area contributed by atoms with Crippen molar-refractivity contribution in [3.8, 4) is 5.75 Å². The van der Waals surface area contributed by atoms with Crippen LogP contribution in [0.1, 0.15) is 25.6 Å². The number of ether oxygens (including phenoxy) is 1. The number of methoxy groups -OCH3 is 1. The van der Waals surface area contributed by atoms with E-state index in [2.05, 4.69) is 5.32 Å². The molecule has 0 saturated carbocycles. The zero-order chi connectivity index (χ0) is 18.4. The molecule has 1 N–H and O–H groups in total. The summed E-state index contributed by atoms with van der Waals surface area (Å²) in [4.78, 5) is 24.9. The number of carbonyl (C=O) groups is 2. The molecule has 0 fully saturated rings. The van der Waals surface area contributed by atoms with Crippen LogP contribution in [0.25, 0.3) is 6.08 Å². The highest BCUT2D eigenvalue weighted by Gasteiger charge is 2.07. The molecule has 0 atom stereocenters. The Morgan fingerprint density at radius 3 is 2.35 bits per heavy atom. The summed E-state index contributed by atoms with van der Waals surface area (Å²) in [5.74, 6) is 0.518. The molecule has 4 nitrogen and oxygen atoms in total. The molecule has 0 saturated heterocycles. The molecule has 3 aromatic rings. The van der Waals surface area contributed by atoms with Gasteiger partial charge in [-0.25, -0.2) is 0 Å². The predicted molar refractivity (Wildman–Crippen MR) is 105 cm³/mol. The first-order valence-electron chi connectivity index (χ1n) is 7.97. The number of anilines is 1. The third kappa shape index (κ3) is 4.46. The molecule has 130 valence electrons. The van der Waals surface area contributed by atoms with E-state index in [-0.39, 0.29) is 11.7 Å². The molecule has 0 aliphatic heterocycles. The molecule has 1 aromatic heterocycles. The van der Waals surface area contributed by atoms with Crippen LogP contribution in [0.15, 0.2) is 72.1 Å². The monoisotopic (exact) mass is 363 g/mol. The van der Waals surface area contributed by atoms with Crippen LogP contribution in [0.5, 0.6) is 5.75 Å². The van der Waals surface area contributed by atoms with Crippen LogP contribution in [0.2, 0.25) is 0 Å². The van der Waals surface area contributed by atoms with E-state index in [4.69, 9.17) is 4.74 Å². The molecule has 1 heterocycles. The number of rotatable bonds is 6. The average Bonchev–Trinajstić information content (AvgIpc) is 3.22. The van der Waals surface area contributed by atoms with E-state index in [9.17, 15) is 9.59 Å². The Hall–Kier alpha value is -3.18. The fraction of sp³-hybridized carbons (Fsp3) is 0.0476. The lowest BCUT2D eigenvalue weighted by molar-refractivity contribution is 0.102. The second-order valence-electron chi connectivity index (χ2n) is 5.48. The number of carbonyl (C=O) groups excluding carboxylic acids is 2. The first-order valence-corrected chi connectivity index (χ1v) is 8.85. The van der Waals surface area contributed by atoms with Crippen molar-refractivity contribution >= 4 is 34.8 Å². The number of benzene rings is 2. The van der Waals surface area contributed by atoms with Gasteiger partial charge in [-0.15, -0.1) is 11.3 Å². The van der Waals surface area contributed by atoms with Gasteiger partial charge < -0.3 is 10.1 Å². The maximum atomic E-state index is 12.3. The number of allylic oxidation sites excluding steroid dienone is 1. The Morgan fingerprint density at radius 2 is 1.73 bits per heavy atom. The molecule has 0 radical (unpaired) electrons. The van der Waals surface area contributed by atoms with Gasteiger partial charge in [-0.3, -0.25) is 9.59 Å². The Labute approximate surface area is 155 Å². The third-order valence-corrected chi connectivity index (χ3v) is 4.58. The fourth-order valence-corrected chi connectivity index (χ4v) is 2.92. The molecule has 0 spiro atoms. The molecule has 0 aliphatic rings. The van der Waals surface area contributed by atoms with Crippen molar-refractivity contribution in [1.82, 2.24) is 0 Å². The summed E-state index contributed by atoms with van der Waals surface area (Å²) in [5.41, 5.74) is 2.13. The van der Waals surface area contributed by atoms with Crippen molar-refractivity contribution in [2.24, 2.45) is 0 Å². The van der Waals surface area contributed by atoms with Crippen molar-refractivity contribution in [3.63, 3.8) is 0 Å². The number of nitrogens with one attached hydrogen (secondary N) is 1. The van der Waals surface area contributed by atoms with Gasteiger partial charge in [-0.1, -0.05) is 24.3 Å². The molecule has 0 unspecified atom stereocenters. The molecule has 1 amide bonds. The van der Waals surface area contributed by atoms with E-state index in [0.29, 0.717) is 16.1 Å². The quantitative estimate of drug-likeness (QED) is 0.500. The zero-order valence-corrected chi connectivity index (χ0v) is 15.0. The van der Waals surface area contributed by atoms with E-state index >= 15 is 0 Å². The number of ketones is 1. The lowest BCUT2D eigenvalue weighted by Gasteiger charge is -2.04. The number of thiophene rings is 1. The lowest BCUT2D eigenvalue weighted by Crippen LogP contribution is -2.10. The second kappa shape index (κ2) is 8.27. The van der Waals surface area contributed by atoms with Crippen LogP contribution in [0, 0.1) is 0 Å². The van der Waals surface area contributed by atoms with Gasteiger partial charge in [0.1, 0.15) is 5.75 Å². The van der Waals surface area contributed by atoms with Crippen LogP contribution < -0.4 is 10.1 Å². The van der Waals surface area contributed by atoms with Crippen LogP contribution in [0.4, 0.5) is 5.69 Å². The maximum absolute atomic E-state index is 12.3. The van der Waals surface area contributed by atoms with Crippen LogP contribution in [-0.4, -0.2) is 18.8 Å². The molecule has 0 bridgehead atoms. The van der Waals surface area contributed by atoms with Gasteiger partial charge in [-0.05, 0) is 59.5 Å². The first-order chi connectivity index (χ1) is 12.7. The van der Waals surface area contributed by atoms with Gasteiger partial charge in [0.25, 0.3) is 5.91 Å². The van der Waals surface area contributed by atoms with Gasteiger partial charge in [0, 0.05) is 11.3 Å². The molecule has 3 rings (SSSR count). The lowest BCUT2D eigenvalue weighted by atomic mass is 10.1. The summed E-state index contributed by atoms with van der Waals surface area (Å²) in [6.45, 7) is 0. The first kappa shape index (κ1) is 17.6. The van der Waals surface area contributed by atoms with Gasteiger partial charge in [0.05, 0.1) is 12.0 Å². The highest BCUT2D eigenvalue weighted by atomic mass is 32.1. The Bertz CT molecular complexity index is 911. The highest BCUT2D eigenvalue weighted by molar-refractivity contribution is 7.12. The Balaban J connectivity index is 1.62. The van der Waals surface area contributed by atoms with Crippen molar-refractivity contribution in [2.45, 2.75) is 0 Å². The predicted octanol–water partition coefficient (Wildman–Crippen LogP) is 4.91. The molecule has 5 heteroatoms. The van der Waals surface area contributed by atoms with Gasteiger partial charge in [0.15, 0.2) is 5.78 Å². The SMILES string of the molecule is COc1ccc(/C=C/C(=O)c2ccc(NC(=O)c3cccs3)cc2)cc1. The maximum Gasteiger partial charge on any atom is 0.265 e. The Kier molecular flexibility index (Phi) is 5.61. The van der Waals surface area contributed by atoms with E-state index in [1.165, 1.54) is 17.4 Å². The summed E-state index contributed by atoms with van der Waals surface area (Å²) in [5, 5.41) is 4.66. The van der Waals surface area contributed by atoms with E-state index in [1.54, 1.807) is 43.5 Å². The number of amides is 1. The minimum absolute atomic E-state index is 0.100. The number of hydrogen-bond acceptors (Lipinski definition) is 4. The summed E-state index contributed by atoms with van der Waals surface area (Å²) in [6, 6.07) is 17.9. The zero-order valence-electron chi connectivity index (χ0n) is 14.1. The minimum Gasteiger partial charge on any atom is -0.497 e. The van der Waals surface area contributed by atoms with E-state index < -0.39 is 0 Å². The summed E-state index contributed by atoms with van der Waals surface area (Å²) < 4.78 is 5.11. The molecule has 2 aromatic carbocycles. The molecular weight excluding hydrogens is 346 g/mol. The summed E-state index contributed by atoms with van der Waals surface area (Å²) >= 11 is 1.38. The van der Waals surface area contributed by atoms with Crippen LogP contribution >= 0.6 is 11.3 Å². The average molecular weight is 363 g/mol. The van der Waals surface area contributed by atoms with E-state index in [0.717, 1.165) is 11.3 Å². The fourth-order valence-electron chi connectivity index (χ4n) is 2.30. The van der Waals surface area contributed by atoms with Gasteiger partial charge in [0.2, 0.25) is 0 Å². The molecule has 0 aliphatic carbocycles. The van der Waals surface area contributed by atoms with Gasteiger partial charge in [-0.2, -0.15) is 0 Å². The smallest absolute Gasteiger partial charge is 0.265 e. The van der Waals surface area contributed by atoms with Crippen molar-refractivity contribution < 1.29 is 14.3 Å². The summed E-state index contributed by atoms with van der Waals surface area (Å²) in [7, 11) is 1.61. The van der Waals surface area contributed by atoms with E-state index in [1.807, 2.05) is 35.7 Å². The normalized spacial score (nSPS) is 10.7. The van der Waals surface area contributed by atoms with Crippen molar-refractivity contribution in [3.05, 3.63) is 88.1 Å². The van der Waals surface area contributed by atoms with Crippen molar-refractivity contribution in [2.75, 3.05) is 12.4 Å².